The lowest BCUT2D eigenvalue weighted by Gasteiger charge is -2.26. The molecule has 2 rings (SSSR count). The summed E-state index contributed by atoms with van der Waals surface area (Å²) in [6.07, 6.45) is 1.91. The van der Waals surface area contributed by atoms with Crippen molar-refractivity contribution in [3.8, 4) is 0 Å². The summed E-state index contributed by atoms with van der Waals surface area (Å²) in [4.78, 5) is 11.7. The Hall–Kier alpha value is -1.48. The maximum Gasteiger partial charge on any atom is 0.286 e. The minimum absolute atomic E-state index is 0.0154. The molecule has 9 heteroatoms. The molecule has 1 amide bonds. The van der Waals surface area contributed by atoms with E-state index in [4.69, 9.17) is 0 Å². The van der Waals surface area contributed by atoms with E-state index < -0.39 is 15.9 Å². The second kappa shape index (κ2) is 5.02. The van der Waals surface area contributed by atoms with Crippen LogP contribution in [0.5, 0.6) is 0 Å². The largest absolute Gasteiger partial charge is 0.312 e. The van der Waals surface area contributed by atoms with Gasteiger partial charge in [-0.05, 0) is 6.42 Å². The summed E-state index contributed by atoms with van der Waals surface area (Å²) in [5.41, 5.74) is 0.0154. The van der Waals surface area contributed by atoms with Crippen LogP contribution < -0.4 is 10.0 Å². The Kier molecular flexibility index (Phi) is 3.62. The Morgan fingerprint density at radius 2 is 2.33 bits per heavy atom. The molecular formula is C9H15N5O3S. The van der Waals surface area contributed by atoms with Crippen LogP contribution in [0.15, 0.2) is 6.20 Å². The van der Waals surface area contributed by atoms with E-state index in [0.717, 1.165) is 13.1 Å². The molecular weight excluding hydrogens is 258 g/mol. The second-order valence-corrected chi connectivity index (χ2v) is 5.99. The molecule has 0 aliphatic carbocycles. The third kappa shape index (κ3) is 2.85. The molecule has 1 aromatic heterocycles. The van der Waals surface area contributed by atoms with E-state index in [2.05, 4.69) is 15.6 Å². The van der Waals surface area contributed by atoms with Gasteiger partial charge in [-0.3, -0.25) is 4.79 Å². The van der Waals surface area contributed by atoms with Crippen molar-refractivity contribution < 1.29 is 13.2 Å². The predicted molar refractivity (Wildman–Crippen MR) is 63.5 cm³/mol. The molecule has 100 valence electrons. The number of rotatable bonds is 5. The zero-order valence-corrected chi connectivity index (χ0v) is 10.8. The van der Waals surface area contributed by atoms with Gasteiger partial charge in [0.1, 0.15) is 0 Å². The molecule has 1 aliphatic rings. The second-order valence-electron chi connectivity index (χ2n) is 4.15. The highest BCUT2D eigenvalue weighted by atomic mass is 32.2. The summed E-state index contributed by atoms with van der Waals surface area (Å²) in [6.45, 7) is 3.28. The van der Waals surface area contributed by atoms with Gasteiger partial charge in [-0.25, -0.2) is 17.8 Å². The van der Waals surface area contributed by atoms with Gasteiger partial charge >= 0.3 is 0 Å². The van der Waals surface area contributed by atoms with Gasteiger partial charge in [0, 0.05) is 13.1 Å². The summed E-state index contributed by atoms with van der Waals surface area (Å²) < 4.78 is 26.4. The zero-order chi connectivity index (χ0) is 13.2. The van der Waals surface area contributed by atoms with E-state index in [1.165, 1.54) is 6.20 Å². The minimum Gasteiger partial charge on any atom is -0.312 e. The molecule has 0 saturated carbocycles. The molecule has 2 heterocycles. The van der Waals surface area contributed by atoms with E-state index in [0.29, 0.717) is 6.42 Å². The lowest BCUT2D eigenvalue weighted by atomic mass is 10.2. The first-order chi connectivity index (χ1) is 8.52. The van der Waals surface area contributed by atoms with Crippen molar-refractivity contribution in [3.05, 3.63) is 11.9 Å². The molecule has 2 N–H and O–H groups in total. The monoisotopic (exact) mass is 273 g/mol. The number of nitrogens with zero attached hydrogens (tertiary/aromatic N) is 3. The lowest BCUT2D eigenvalue weighted by Crippen LogP contribution is -2.43. The number of carbonyl (C=O) groups excluding carboxylic acids is 1. The Balaban J connectivity index is 2.02. The molecule has 1 aromatic rings. The first-order valence-corrected chi connectivity index (χ1v) is 7.34. The molecule has 0 atom stereocenters. The van der Waals surface area contributed by atoms with Gasteiger partial charge in [0.2, 0.25) is 10.0 Å². The van der Waals surface area contributed by atoms with E-state index in [9.17, 15) is 13.2 Å². The van der Waals surface area contributed by atoms with Gasteiger partial charge < -0.3 is 5.32 Å². The number of hydrogen-bond acceptors (Lipinski definition) is 6. The molecule has 0 bridgehead atoms. The van der Waals surface area contributed by atoms with Crippen molar-refractivity contribution >= 4 is 15.9 Å². The Bertz CT molecular complexity index is 534. The van der Waals surface area contributed by atoms with Crippen LogP contribution in [0.25, 0.3) is 0 Å². The van der Waals surface area contributed by atoms with Gasteiger partial charge in [0.15, 0.2) is 5.69 Å². The van der Waals surface area contributed by atoms with Gasteiger partial charge in [-0.1, -0.05) is 12.1 Å². The zero-order valence-electron chi connectivity index (χ0n) is 9.96. The van der Waals surface area contributed by atoms with Crippen LogP contribution in [0.1, 0.15) is 29.9 Å². The van der Waals surface area contributed by atoms with Crippen LogP contribution in [0.2, 0.25) is 0 Å². The maximum atomic E-state index is 11.7. The molecule has 0 radical (unpaired) electrons. The van der Waals surface area contributed by atoms with Crippen LogP contribution in [-0.2, 0) is 10.0 Å². The van der Waals surface area contributed by atoms with Gasteiger partial charge in [0.25, 0.3) is 5.91 Å². The Morgan fingerprint density at radius 3 is 2.89 bits per heavy atom. The quantitative estimate of drug-likeness (QED) is 0.705. The van der Waals surface area contributed by atoms with Crippen LogP contribution in [0.4, 0.5) is 0 Å². The molecule has 1 fully saturated rings. The SMILES string of the molecule is CCCS(=O)(=O)NC(=O)c1cn(C2CNC2)nn1. The summed E-state index contributed by atoms with van der Waals surface area (Å²) >= 11 is 0. The molecule has 18 heavy (non-hydrogen) atoms. The molecule has 1 saturated heterocycles. The fraction of sp³-hybridized carbons (Fsp3) is 0.667. The smallest absolute Gasteiger partial charge is 0.286 e. The highest BCUT2D eigenvalue weighted by Gasteiger charge is 2.23. The van der Waals surface area contributed by atoms with Gasteiger partial charge in [0.05, 0.1) is 18.0 Å². The van der Waals surface area contributed by atoms with E-state index in [-0.39, 0.29) is 17.5 Å². The number of carbonyl (C=O) groups is 1. The third-order valence-corrected chi connectivity index (χ3v) is 4.04. The first-order valence-electron chi connectivity index (χ1n) is 5.69. The Morgan fingerprint density at radius 1 is 1.61 bits per heavy atom. The fourth-order valence-electron chi connectivity index (χ4n) is 1.53. The molecule has 0 spiro atoms. The van der Waals surface area contributed by atoms with Gasteiger partial charge in [-0.15, -0.1) is 5.10 Å². The van der Waals surface area contributed by atoms with E-state index in [1.54, 1.807) is 11.6 Å². The standard InChI is InChI=1S/C9H15N5O3S/c1-2-3-18(16,17)12-9(15)8-6-14(13-11-8)7-4-10-5-7/h6-7,10H,2-5H2,1H3,(H,12,15). The third-order valence-electron chi connectivity index (χ3n) is 2.60. The summed E-state index contributed by atoms with van der Waals surface area (Å²) in [5.74, 6) is -0.818. The maximum absolute atomic E-state index is 11.7. The average molecular weight is 273 g/mol. The van der Waals surface area contributed by atoms with Crippen molar-refractivity contribution in [1.82, 2.24) is 25.0 Å². The summed E-state index contributed by atoms with van der Waals surface area (Å²) in [6, 6.07) is 0.186. The van der Waals surface area contributed by atoms with Crippen LogP contribution in [0, 0.1) is 0 Å². The van der Waals surface area contributed by atoms with Crippen LogP contribution >= 0.6 is 0 Å². The highest BCUT2D eigenvalue weighted by Crippen LogP contribution is 2.09. The highest BCUT2D eigenvalue weighted by molar-refractivity contribution is 7.90. The van der Waals surface area contributed by atoms with Gasteiger partial charge in [-0.2, -0.15) is 0 Å². The van der Waals surface area contributed by atoms with E-state index in [1.807, 2.05) is 4.72 Å². The number of sulfonamides is 1. The van der Waals surface area contributed by atoms with Crippen molar-refractivity contribution in [1.29, 1.82) is 0 Å². The molecule has 0 aromatic carbocycles. The number of amides is 1. The average Bonchev–Trinajstić information content (AvgIpc) is 2.63. The number of aromatic nitrogens is 3. The lowest BCUT2D eigenvalue weighted by molar-refractivity contribution is 0.0976. The van der Waals surface area contributed by atoms with Crippen molar-refractivity contribution in [2.75, 3.05) is 18.8 Å². The Labute approximate surface area is 105 Å². The van der Waals surface area contributed by atoms with Crippen molar-refractivity contribution in [2.45, 2.75) is 19.4 Å². The summed E-state index contributed by atoms with van der Waals surface area (Å²) in [7, 11) is -3.57. The van der Waals surface area contributed by atoms with Crippen molar-refractivity contribution in [3.63, 3.8) is 0 Å². The minimum atomic E-state index is -3.57. The van der Waals surface area contributed by atoms with Crippen molar-refractivity contribution in [2.24, 2.45) is 0 Å². The normalized spacial score (nSPS) is 16.3. The topological polar surface area (TPSA) is 106 Å². The van der Waals surface area contributed by atoms with E-state index >= 15 is 0 Å². The van der Waals surface area contributed by atoms with Crippen LogP contribution in [0.3, 0.4) is 0 Å². The number of nitrogens with one attached hydrogen (secondary N) is 2. The summed E-state index contributed by atoms with van der Waals surface area (Å²) in [5, 5.41) is 10.5. The molecule has 1 aliphatic heterocycles. The fourth-order valence-corrected chi connectivity index (χ4v) is 2.56. The number of hydrogen-bond donors (Lipinski definition) is 2. The predicted octanol–water partition coefficient (Wildman–Crippen LogP) is -1.11. The molecule has 8 nitrogen and oxygen atoms in total. The van der Waals surface area contributed by atoms with Crippen LogP contribution in [-0.4, -0.2) is 48.2 Å². The molecule has 0 unspecified atom stereocenters. The first kappa shape index (κ1) is 13.0.